The highest BCUT2D eigenvalue weighted by Gasteiger charge is 2.28. The fourth-order valence-electron chi connectivity index (χ4n) is 2.98. The second-order valence-corrected chi connectivity index (χ2v) is 6.21. The van der Waals surface area contributed by atoms with Crippen LogP contribution in [-0.2, 0) is 0 Å². The fraction of sp³-hybridized carbons (Fsp3) is 0.588. The zero-order valence-corrected chi connectivity index (χ0v) is 13.0. The number of benzene rings is 1. The molecular weight excluding hydrogens is 264 g/mol. The molecule has 0 heterocycles. The molecule has 2 rings (SSSR count). The summed E-state index contributed by atoms with van der Waals surface area (Å²) in [6, 6.07) is 5.68. The van der Waals surface area contributed by atoms with Crippen LogP contribution in [0.25, 0.3) is 0 Å². The Bertz CT molecular complexity index is 471. The fourth-order valence-corrected chi connectivity index (χ4v) is 2.98. The molecule has 4 heteroatoms. The van der Waals surface area contributed by atoms with Gasteiger partial charge in [0.15, 0.2) is 0 Å². The molecular formula is C17H26N2O2. The highest BCUT2D eigenvalue weighted by molar-refractivity contribution is 5.91. The molecule has 0 aromatic heterocycles. The van der Waals surface area contributed by atoms with Crippen LogP contribution < -0.4 is 10.6 Å². The maximum absolute atomic E-state index is 12.1. The number of urea groups is 1. The molecule has 1 aliphatic carbocycles. The number of nitrogens with one attached hydrogen (secondary N) is 2. The standard InChI is InChI=1S/C17H26N2O2/c1-13-8-7-9-14(2)15(13)19-16(20)18-12-17(21)10-5-3-4-6-11-17/h7-9,21H,3-6,10-12H2,1-2H3,(H2,18,19,20). The minimum Gasteiger partial charge on any atom is -0.388 e. The van der Waals surface area contributed by atoms with E-state index in [9.17, 15) is 9.90 Å². The molecule has 0 radical (unpaired) electrons. The van der Waals surface area contributed by atoms with Crippen molar-refractivity contribution >= 4 is 11.7 Å². The third-order valence-electron chi connectivity index (χ3n) is 4.33. The third kappa shape index (κ3) is 4.46. The summed E-state index contributed by atoms with van der Waals surface area (Å²) in [6.45, 7) is 4.27. The van der Waals surface area contributed by atoms with E-state index in [1.165, 1.54) is 12.8 Å². The Labute approximate surface area is 126 Å². The number of amides is 2. The molecule has 0 aliphatic heterocycles. The van der Waals surface area contributed by atoms with Gasteiger partial charge in [0.2, 0.25) is 0 Å². The lowest BCUT2D eigenvalue weighted by molar-refractivity contribution is 0.0281. The Morgan fingerprint density at radius 3 is 2.29 bits per heavy atom. The van der Waals surface area contributed by atoms with E-state index in [-0.39, 0.29) is 6.03 Å². The van der Waals surface area contributed by atoms with Crippen LogP contribution in [0.4, 0.5) is 10.5 Å². The van der Waals surface area contributed by atoms with E-state index in [4.69, 9.17) is 0 Å². The van der Waals surface area contributed by atoms with Crippen LogP contribution in [0, 0.1) is 13.8 Å². The van der Waals surface area contributed by atoms with Crippen LogP contribution >= 0.6 is 0 Å². The lowest BCUT2D eigenvalue weighted by atomic mass is 9.94. The summed E-state index contributed by atoms with van der Waals surface area (Å²) in [5, 5.41) is 16.2. The predicted molar refractivity (Wildman–Crippen MR) is 85.6 cm³/mol. The first-order chi connectivity index (χ1) is 10.0. The largest absolute Gasteiger partial charge is 0.388 e. The van der Waals surface area contributed by atoms with Crippen LogP contribution in [0.1, 0.15) is 49.7 Å². The van der Waals surface area contributed by atoms with Crippen molar-refractivity contribution in [1.29, 1.82) is 0 Å². The molecule has 0 saturated heterocycles. The van der Waals surface area contributed by atoms with Crippen LogP contribution in [0.5, 0.6) is 0 Å². The summed E-state index contributed by atoms with van der Waals surface area (Å²) < 4.78 is 0. The Balaban J connectivity index is 1.90. The molecule has 0 atom stereocenters. The molecule has 4 nitrogen and oxygen atoms in total. The molecule has 1 fully saturated rings. The van der Waals surface area contributed by atoms with Crippen molar-refractivity contribution in [2.24, 2.45) is 0 Å². The van der Waals surface area contributed by atoms with E-state index >= 15 is 0 Å². The SMILES string of the molecule is Cc1cccc(C)c1NC(=O)NCC1(O)CCCCCC1. The first-order valence-electron chi connectivity index (χ1n) is 7.84. The second-order valence-electron chi connectivity index (χ2n) is 6.21. The minimum absolute atomic E-state index is 0.245. The summed E-state index contributed by atoms with van der Waals surface area (Å²) in [6.07, 6.45) is 5.98. The van der Waals surface area contributed by atoms with Gasteiger partial charge < -0.3 is 15.7 Å². The van der Waals surface area contributed by atoms with Crippen molar-refractivity contribution in [3.05, 3.63) is 29.3 Å². The molecule has 1 saturated carbocycles. The molecule has 1 aromatic carbocycles. The van der Waals surface area contributed by atoms with E-state index in [0.29, 0.717) is 6.54 Å². The van der Waals surface area contributed by atoms with Crippen molar-refractivity contribution < 1.29 is 9.90 Å². The number of rotatable bonds is 3. The van der Waals surface area contributed by atoms with Crippen molar-refractivity contribution in [2.75, 3.05) is 11.9 Å². The van der Waals surface area contributed by atoms with Gasteiger partial charge in [0.05, 0.1) is 5.60 Å². The molecule has 1 aromatic rings. The van der Waals surface area contributed by atoms with E-state index < -0.39 is 5.60 Å². The smallest absolute Gasteiger partial charge is 0.319 e. The van der Waals surface area contributed by atoms with Crippen LogP contribution in [0.2, 0.25) is 0 Å². The van der Waals surface area contributed by atoms with Gasteiger partial charge >= 0.3 is 6.03 Å². The maximum atomic E-state index is 12.1. The predicted octanol–water partition coefficient (Wildman–Crippen LogP) is 3.51. The number of anilines is 1. The van der Waals surface area contributed by atoms with Crippen molar-refractivity contribution in [1.82, 2.24) is 5.32 Å². The summed E-state index contributed by atoms with van der Waals surface area (Å²) in [7, 11) is 0. The van der Waals surface area contributed by atoms with Gasteiger partial charge in [0, 0.05) is 12.2 Å². The highest BCUT2D eigenvalue weighted by atomic mass is 16.3. The summed E-state index contributed by atoms with van der Waals surface area (Å²) in [4.78, 5) is 12.1. The molecule has 3 N–H and O–H groups in total. The van der Waals surface area contributed by atoms with Gasteiger partial charge in [-0.25, -0.2) is 4.79 Å². The molecule has 116 valence electrons. The molecule has 1 aliphatic rings. The number of para-hydroxylation sites is 1. The van der Waals surface area contributed by atoms with Gasteiger partial charge in [-0.05, 0) is 37.8 Å². The van der Waals surface area contributed by atoms with Gasteiger partial charge in [0.25, 0.3) is 0 Å². The monoisotopic (exact) mass is 290 g/mol. The minimum atomic E-state index is -0.741. The average Bonchev–Trinajstić information content (AvgIpc) is 2.66. The van der Waals surface area contributed by atoms with Gasteiger partial charge in [0.1, 0.15) is 0 Å². The van der Waals surface area contributed by atoms with Crippen molar-refractivity contribution in [3.8, 4) is 0 Å². The van der Waals surface area contributed by atoms with Crippen LogP contribution in [-0.4, -0.2) is 23.3 Å². The lowest BCUT2D eigenvalue weighted by Crippen LogP contribution is -2.44. The van der Waals surface area contributed by atoms with Crippen LogP contribution in [0.3, 0.4) is 0 Å². The molecule has 0 bridgehead atoms. The van der Waals surface area contributed by atoms with E-state index in [0.717, 1.165) is 42.5 Å². The van der Waals surface area contributed by atoms with Gasteiger partial charge in [-0.2, -0.15) is 0 Å². The second kappa shape index (κ2) is 6.94. The Morgan fingerprint density at radius 2 is 1.71 bits per heavy atom. The van der Waals surface area contributed by atoms with Crippen LogP contribution in [0.15, 0.2) is 18.2 Å². The third-order valence-corrected chi connectivity index (χ3v) is 4.33. The average molecular weight is 290 g/mol. The summed E-state index contributed by atoms with van der Waals surface area (Å²) in [5.74, 6) is 0. The summed E-state index contributed by atoms with van der Waals surface area (Å²) in [5.41, 5.74) is 2.19. The first-order valence-corrected chi connectivity index (χ1v) is 7.84. The zero-order valence-electron chi connectivity index (χ0n) is 13.0. The summed E-state index contributed by atoms with van der Waals surface area (Å²) >= 11 is 0. The number of carbonyl (C=O) groups excluding carboxylic acids is 1. The lowest BCUT2D eigenvalue weighted by Gasteiger charge is -2.27. The zero-order chi connectivity index (χ0) is 15.3. The van der Waals surface area contributed by atoms with E-state index in [1.807, 2.05) is 32.0 Å². The maximum Gasteiger partial charge on any atom is 0.319 e. The molecule has 2 amide bonds. The van der Waals surface area contributed by atoms with Gasteiger partial charge in [-0.15, -0.1) is 0 Å². The first kappa shape index (κ1) is 15.8. The molecule has 21 heavy (non-hydrogen) atoms. The Morgan fingerprint density at radius 1 is 1.14 bits per heavy atom. The highest BCUT2D eigenvalue weighted by Crippen LogP contribution is 2.26. The number of aliphatic hydroxyl groups is 1. The Hall–Kier alpha value is -1.55. The van der Waals surface area contributed by atoms with Gasteiger partial charge in [-0.3, -0.25) is 0 Å². The number of aryl methyl sites for hydroxylation is 2. The van der Waals surface area contributed by atoms with Crippen molar-refractivity contribution in [3.63, 3.8) is 0 Å². The van der Waals surface area contributed by atoms with E-state index in [2.05, 4.69) is 10.6 Å². The quantitative estimate of drug-likeness (QED) is 0.746. The molecule has 0 unspecified atom stereocenters. The van der Waals surface area contributed by atoms with Gasteiger partial charge in [-0.1, -0.05) is 43.9 Å². The Kier molecular flexibility index (Phi) is 5.23. The number of hydrogen-bond donors (Lipinski definition) is 3. The van der Waals surface area contributed by atoms with Crippen molar-refractivity contribution in [2.45, 2.75) is 58.0 Å². The topological polar surface area (TPSA) is 61.4 Å². The normalized spacial score (nSPS) is 17.9. The van der Waals surface area contributed by atoms with E-state index in [1.54, 1.807) is 0 Å². The number of carbonyl (C=O) groups is 1. The molecule has 0 spiro atoms. The number of hydrogen-bond acceptors (Lipinski definition) is 2.